The molecule has 0 saturated carbocycles. The number of halogens is 1. The molecule has 3 aromatic rings. The molecule has 1 amide bonds. The number of carbonyl (C=O) groups is 1. The zero-order valence-electron chi connectivity index (χ0n) is 14.8. The highest BCUT2D eigenvalue weighted by Crippen LogP contribution is 2.20. The third-order valence-corrected chi connectivity index (χ3v) is 4.66. The number of hydrogen-bond donors (Lipinski definition) is 1. The highest BCUT2D eigenvalue weighted by Gasteiger charge is 2.14. The van der Waals surface area contributed by atoms with E-state index in [0.29, 0.717) is 17.5 Å². The van der Waals surface area contributed by atoms with E-state index in [2.05, 4.69) is 15.5 Å². The molecule has 0 spiro atoms. The van der Waals surface area contributed by atoms with Crippen LogP contribution in [0.3, 0.4) is 0 Å². The molecule has 27 heavy (non-hydrogen) atoms. The quantitative estimate of drug-likeness (QED) is 0.597. The number of para-hydroxylation sites is 2. The normalized spacial score (nSPS) is 10.6. The van der Waals surface area contributed by atoms with Crippen LogP contribution in [0.2, 0.25) is 0 Å². The Morgan fingerprint density at radius 3 is 2.63 bits per heavy atom. The molecule has 1 N–H and O–H groups in total. The maximum atomic E-state index is 13.7. The van der Waals surface area contributed by atoms with Gasteiger partial charge in [0, 0.05) is 12.2 Å². The Morgan fingerprint density at radius 1 is 1.15 bits per heavy atom. The van der Waals surface area contributed by atoms with E-state index < -0.39 is 5.82 Å². The third kappa shape index (κ3) is 5.07. The summed E-state index contributed by atoms with van der Waals surface area (Å²) in [7, 11) is 0. The lowest BCUT2D eigenvalue weighted by molar-refractivity contribution is -0.113. The van der Waals surface area contributed by atoms with E-state index in [1.54, 1.807) is 18.2 Å². The van der Waals surface area contributed by atoms with Gasteiger partial charge in [-0.1, -0.05) is 42.1 Å². The number of nitrogens with zero attached hydrogens (tertiary/aromatic N) is 3. The van der Waals surface area contributed by atoms with Crippen LogP contribution in [0, 0.1) is 5.82 Å². The summed E-state index contributed by atoms with van der Waals surface area (Å²) in [5, 5.41) is 11.7. The molecule has 0 aliphatic rings. The summed E-state index contributed by atoms with van der Waals surface area (Å²) in [6, 6.07) is 15.5. The van der Waals surface area contributed by atoms with Crippen molar-refractivity contribution in [1.82, 2.24) is 14.8 Å². The van der Waals surface area contributed by atoms with Crippen molar-refractivity contribution >= 4 is 23.4 Å². The van der Waals surface area contributed by atoms with Crippen LogP contribution >= 0.6 is 11.8 Å². The van der Waals surface area contributed by atoms with E-state index >= 15 is 0 Å². The standard InChI is InChI=1S/C19H19FN4O2S/c1-2-24-17(12-26-16-11-7-6-10-15(16)20)22-23-19(24)27-13-18(25)21-14-8-4-3-5-9-14/h3-11H,2,12-13H2,1H3,(H,21,25). The number of aromatic nitrogens is 3. The molecule has 140 valence electrons. The van der Waals surface area contributed by atoms with Crippen LogP contribution < -0.4 is 10.1 Å². The van der Waals surface area contributed by atoms with Crippen LogP contribution in [0.4, 0.5) is 10.1 Å². The third-order valence-electron chi connectivity index (χ3n) is 3.69. The molecule has 1 aromatic heterocycles. The fourth-order valence-corrected chi connectivity index (χ4v) is 3.22. The number of hydrogen-bond acceptors (Lipinski definition) is 5. The van der Waals surface area contributed by atoms with Crippen molar-refractivity contribution in [3.63, 3.8) is 0 Å². The number of benzene rings is 2. The molecule has 0 fully saturated rings. The van der Waals surface area contributed by atoms with Crippen LogP contribution in [-0.4, -0.2) is 26.4 Å². The average Bonchev–Trinajstić information content (AvgIpc) is 3.08. The minimum Gasteiger partial charge on any atom is -0.483 e. The Labute approximate surface area is 160 Å². The van der Waals surface area contributed by atoms with Crippen molar-refractivity contribution < 1.29 is 13.9 Å². The van der Waals surface area contributed by atoms with Gasteiger partial charge in [0.05, 0.1) is 5.75 Å². The van der Waals surface area contributed by atoms with Crippen molar-refractivity contribution in [2.45, 2.75) is 25.2 Å². The van der Waals surface area contributed by atoms with Gasteiger partial charge in [-0.2, -0.15) is 0 Å². The number of thioether (sulfide) groups is 1. The Hall–Kier alpha value is -2.87. The largest absolute Gasteiger partial charge is 0.483 e. The van der Waals surface area contributed by atoms with Gasteiger partial charge in [-0.25, -0.2) is 4.39 Å². The molecule has 0 aliphatic heterocycles. The van der Waals surface area contributed by atoms with Gasteiger partial charge in [0.15, 0.2) is 22.5 Å². The van der Waals surface area contributed by atoms with Crippen LogP contribution in [0.1, 0.15) is 12.7 Å². The summed E-state index contributed by atoms with van der Waals surface area (Å²) in [4.78, 5) is 12.1. The molecule has 0 atom stereocenters. The molecular weight excluding hydrogens is 367 g/mol. The predicted molar refractivity (Wildman–Crippen MR) is 102 cm³/mol. The Balaban J connectivity index is 1.58. The van der Waals surface area contributed by atoms with E-state index in [9.17, 15) is 9.18 Å². The number of amides is 1. The molecule has 0 aliphatic carbocycles. The summed E-state index contributed by atoms with van der Waals surface area (Å²) >= 11 is 1.29. The number of nitrogens with one attached hydrogen (secondary N) is 1. The number of ether oxygens (including phenoxy) is 1. The van der Waals surface area contributed by atoms with Gasteiger partial charge in [-0.05, 0) is 31.2 Å². The van der Waals surface area contributed by atoms with Gasteiger partial charge in [0.25, 0.3) is 0 Å². The molecule has 0 unspecified atom stereocenters. The highest BCUT2D eigenvalue weighted by molar-refractivity contribution is 7.99. The van der Waals surface area contributed by atoms with Gasteiger partial charge in [-0.3, -0.25) is 4.79 Å². The van der Waals surface area contributed by atoms with Crippen LogP contribution in [0.5, 0.6) is 5.75 Å². The predicted octanol–water partition coefficient (Wildman–Crippen LogP) is 3.75. The fourth-order valence-electron chi connectivity index (χ4n) is 2.40. The highest BCUT2D eigenvalue weighted by atomic mass is 32.2. The van der Waals surface area contributed by atoms with E-state index in [1.165, 1.54) is 17.8 Å². The first-order valence-corrected chi connectivity index (χ1v) is 9.43. The second-order valence-corrected chi connectivity index (χ2v) is 6.51. The molecule has 0 bridgehead atoms. The Bertz CT molecular complexity index is 902. The first-order valence-electron chi connectivity index (χ1n) is 8.44. The van der Waals surface area contributed by atoms with Crippen LogP contribution in [-0.2, 0) is 17.9 Å². The SMILES string of the molecule is CCn1c(COc2ccccc2F)nnc1SCC(=O)Nc1ccccc1. The van der Waals surface area contributed by atoms with Crippen molar-refractivity contribution in [1.29, 1.82) is 0 Å². The van der Waals surface area contributed by atoms with Gasteiger partial charge < -0.3 is 14.6 Å². The number of rotatable bonds is 8. The lowest BCUT2D eigenvalue weighted by Crippen LogP contribution is -2.14. The molecule has 2 aromatic carbocycles. The second kappa shape index (κ2) is 9.18. The fraction of sp³-hybridized carbons (Fsp3) is 0.211. The zero-order valence-corrected chi connectivity index (χ0v) is 15.6. The van der Waals surface area contributed by atoms with Crippen LogP contribution in [0.25, 0.3) is 0 Å². The molecule has 1 heterocycles. The van der Waals surface area contributed by atoms with E-state index in [1.807, 2.05) is 41.8 Å². The van der Waals surface area contributed by atoms with Crippen molar-refractivity contribution in [2.24, 2.45) is 0 Å². The second-order valence-electron chi connectivity index (χ2n) is 5.57. The molecule has 3 rings (SSSR count). The lowest BCUT2D eigenvalue weighted by Gasteiger charge is -2.09. The summed E-state index contributed by atoms with van der Waals surface area (Å²) in [5.74, 6) is 0.404. The number of carbonyl (C=O) groups excluding carboxylic acids is 1. The smallest absolute Gasteiger partial charge is 0.234 e. The maximum absolute atomic E-state index is 13.7. The minimum atomic E-state index is -0.424. The van der Waals surface area contributed by atoms with E-state index in [0.717, 1.165) is 5.69 Å². The van der Waals surface area contributed by atoms with Gasteiger partial charge in [0.1, 0.15) is 6.61 Å². The zero-order chi connectivity index (χ0) is 19.1. The summed E-state index contributed by atoms with van der Waals surface area (Å²) in [5.41, 5.74) is 0.749. The Kier molecular flexibility index (Phi) is 6.43. The first kappa shape index (κ1) is 18.9. The summed E-state index contributed by atoms with van der Waals surface area (Å²) in [6.07, 6.45) is 0. The van der Waals surface area contributed by atoms with Gasteiger partial charge >= 0.3 is 0 Å². The molecule has 0 radical (unpaired) electrons. The van der Waals surface area contributed by atoms with E-state index in [4.69, 9.17) is 4.74 Å². The van der Waals surface area contributed by atoms with Crippen molar-refractivity contribution in [3.05, 3.63) is 66.2 Å². The minimum absolute atomic E-state index is 0.0958. The molecular formula is C19H19FN4O2S. The molecule has 8 heteroatoms. The maximum Gasteiger partial charge on any atom is 0.234 e. The lowest BCUT2D eigenvalue weighted by atomic mass is 10.3. The van der Waals surface area contributed by atoms with Gasteiger partial charge in [0.2, 0.25) is 5.91 Å². The summed E-state index contributed by atoms with van der Waals surface area (Å²) < 4.78 is 21.0. The molecule has 6 nitrogen and oxygen atoms in total. The number of anilines is 1. The van der Waals surface area contributed by atoms with Crippen molar-refractivity contribution in [3.8, 4) is 5.75 Å². The summed E-state index contributed by atoms with van der Waals surface area (Å²) in [6.45, 7) is 2.66. The average molecular weight is 386 g/mol. The van der Waals surface area contributed by atoms with Gasteiger partial charge in [-0.15, -0.1) is 10.2 Å². The molecule has 0 saturated heterocycles. The Morgan fingerprint density at radius 2 is 1.89 bits per heavy atom. The van der Waals surface area contributed by atoms with E-state index in [-0.39, 0.29) is 24.0 Å². The van der Waals surface area contributed by atoms with Crippen LogP contribution in [0.15, 0.2) is 59.8 Å². The first-order chi connectivity index (χ1) is 13.2. The topological polar surface area (TPSA) is 69.0 Å². The monoisotopic (exact) mass is 386 g/mol. The van der Waals surface area contributed by atoms with Crippen molar-refractivity contribution in [2.75, 3.05) is 11.1 Å².